The molecule has 0 radical (unpaired) electrons. The third-order valence-corrected chi connectivity index (χ3v) is 13.0. The number of hydrogen-bond donors (Lipinski definition) is 0. The molecule has 59 heavy (non-hydrogen) atoms. The van der Waals surface area contributed by atoms with Crippen LogP contribution in [0, 0.1) is 0 Å². The molecule has 0 spiro atoms. The lowest BCUT2D eigenvalue weighted by Crippen LogP contribution is -2.10. The van der Waals surface area contributed by atoms with Gasteiger partial charge in [0.1, 0.15) is 11.2 Å². The highest BCUT2D eigenvalue weighted by Crippen LogP contribution is 2.46. The Hall–Kier alpha value is -7.46. The molecule has 0 unspecified atom stereocenters. The van der Waals surface area contributed by atoms with Gasteiger partial charge in [0, 0.05) is 48.0 Å². The third kappa shape index (κ3) is 5.62. The fourth-order valence-electron chi connectivity index (χ4n) is 9.02. The zero-order valence-electron chi connectivity index (χ0n) is 32.0. The monoisotopic (exact) mass is 769 g/mol. The smallest absolute Gasteiger partial charge is 0.144 e. The quantitative estimate of drug-likeness (QED) is 0.167. The molecule has 0 amide bonds. The molecule has 12 aromatic rings. The summed E-state index contributed by atoms with van der Waals surface area (Å²) in [5, 5.41) is 9.72. The first-order valence-electron chi connectivity index (χ1n) is 20.1. The molecular weight excluding hydrogens is 735 g/mol. The average molecular weight is 770 g/mol. The summed E-state index contributed by atoms with van der Waals surface area (Å²) in [6.45, 7) is 0. The fourth-order valence-corrected chi connectivity index (χ4v) is 10.2. The van der Waals surface area contributed by atoms with Gasteiger partial charge in [-0.25, -0.2) is 0 Å². The summed E-state index contributed by atoms with van der Waals surface area (Å²) in [4.78, 5) is 2.38. The minimum atomic E-state index is 0.919. The number of hydrogen-bond acceptors (Lipinski definition) is 3. The second kappa shape index (κ2) is 13.6. The number of nitrogens with zero attached hydrogens (tertiary/aromatic N) is 1. The van der Waals surface area contributed by atoms with E-state index in [1.165, 1.54) is 69.5 Å². The molecule has 276 valence electrons. The maximum absolute atomic E-state index is 6.63. The number of benzene rings is 10. The number of anilines is 3. The molecule has 2 nitrogen and oxygen atoms in total. The molecular formula is C56H35NOS. The highest BCUT2D eigenvalue weighted by Gasteiger charge is 2.20. The highest BCUT2D eigenvalue weighted by molar-refractivity contribution is 7.26. The van der Waals surface area contributed by atoms with Crippen molar-refractivity contribution < 1.29 is 4.42 Å². The van der Waals surface area contributed by atoms with Gasteiger partial charge < -0.3 is 9.32 Å². The molecule has 10 aromatic carbocycles. The number of para-hydroxylation sites is 1. The summed E-state index contributed by atoms with van der Waals surface area (Å²) in [6.07, 6.45) is 0. The molecule has 3 heteroatoms. The molecule has 0 saturated heterocycles. The van der Waals surface area contributed by atoms with Crippen LogP contribution >= 0.6 is 11.3 Å². The first-order valence-corrected chi connectivity index (χ1v) is 20.9. The van der Waals surface area contributed by atoms with E-state index in [0.717, 1.165) is 44.6 Å². The predicted octanol–water partition coefficient (Wildman–Crippen LogP) is 16.7. The Morgan fingerprint density at radius 2 is 0.983 bits per heavy atom. The second-order valence-corrected chi connectivity index (χ2v) is 16.3. The maximum atomic E-state index is 6.63. The van der Waals surface area contributed by atoms with E-state index in [-0.39, 0.29) is 0 Å². The van der Waals surface area contributed by atoms with E-state index in [2.05, 4.69) is 211 Å². The van der Waals surface area contributed by atoms with Gasteiger partial charge >= 0.3 is 0 Å². The van der Waals surface area contributed by atoms with Gasteiger partial charge in [-0.2, -0.15) is 0 Å². The first kappa shape index (κ1) is 33.7. The Morgan fingerprint density at radius 3 is 1.83 bits per heavy atom. The topological polar surface area (TPSA) is 16.4 Å². The van der Waals surface area contributed by atoms with Crippen molar-refractivity contribution in [2.75, 3.05) is 4.90 Å². The highest BCUT2D eigenvalue weighted by atomic mass is 32.1. The molecule has 0 aliphatic heterocycles. The Labute approximate surface area is 345 Å². The van der Waals surface area contributed by atoms with Crippen LogP contribution in [0.4, 0.5) is 17.1 Å². The van der Waals surface area contributed by atoms with Gasteiger partial charge in [-0.3, -0.25) is 0 Å². The van der Waals surface area contributed by atoms with Crippen molar-refractivity contribution in [2.45, 2.75) is 0 Å². The molecule has 2 aromatic heterocycles. The van der Waals surface area contributed by atoms with Crippen LogP contribution in [-0.4, -0.2) is 0 Å². The van der Waals surface area contributed by atoms with Crippen molar-refractivity contribution in [3.05, 3.63) is 212 Å². The van der Waals surface area contributed by atoms with Crippen molar-refractivity contribution in [3.8, 4) is 33.4 Å². The van der Waals surface area contributed by atoms with E-state index < -0.39 is 0 Å². The Kier molecular flexibility index (Phi) is 7.75. The van der Waals surface area contributed by atoms with Crippen LogP contribution in [0.5, 0.6) is 0 Å². The zero-order chi connectivity index (χ0) is 38.9. The second-order valence-electron chi connectivity index (χ2n) is 15.3. The lowest BCUT2D eigenvalue weighted by atomic mass is 9.97. The Bertz CT molecular complexity index is 3550. The first-order chi connectivity index (χ1) is 29.2. The van der Waals surface area contributed by atoms with Crippen LogP contribution in [0.2, 0.25) is 0 Å². The van der Waals surface area contributed by atoms with Crippen molar-refractivity contribution >= 4 is 92.1 Å². The molecule has 0 aliphatic rings. The minimum Gasteiger partial charge on any atom is -0.455 e. The number of thiophene rings is 1. The van der Waals surface area contributed by atoms with Crippen molar-refractivity contribution in [3.63, 3.8) is 0 Å². The van der Waals surface area contributed by atoms with Gasteiger partial charge in [0.2, 0.25) is 0 Å². The minimum absolute atomic E-state index is 0.919. The molecule has 0 saturated carbocycles. The number of furan rings is 1. The Morgan fingerprint density at radius 1 is 0.339 bits per heavy atom. The normalized spacial score (nSPS) is 11.7. The summed E-state index contributed by atoms with van der Waals surface area (Å²) < 4.78 is 9.11. The van der Waals surface area contributed by atoms with Gasteiger partial charge in [-0.15, -0.1) is 11.3 Å². The lowest BCUT2D eigenvalue weighted by molar-refractivity contribution is 0.673. The van der Waals surface area contributed by atoms with Gasteiger partial charge in [0.05, 0.1) is 0 Å². The molecule has 0 fully saturated rings. The van der Waals surface area contributed by atoms with Crippen molar-refractivity contribution in [1.29, 1.82) is 0 Å². The summed E-state index contributed by atoms with van der Waals surface area (Å²) in [7, 11) is 0. The zero-order valence-corrected chi connectivity index (χ0v) is 32.8. The Balaban J connectivity index is 1.01. The van der Waals surface area contributed by atoms with Gasteiger partial charge in [0.25, 0.3) is 0 Å². The van der Waals surface area contributed by atoms with Crippen LogP contribution in [-0.2, 0) is 0 Å². The van der Waals surface area contributed by atoms with Gasteiger partial charge in [-0.05, 0) is 122 Å². The summed E-state index contributed by atoms with van der Waals surface area (Å²) in [5.41, 5.74) is 12.3. The molecule has 0 bridgehead atoms. The molecule has 0 N–H and O–H groups in total. The molecule has 2 heterocycles. The van der Waals surface area contributed by atoms with Crippen LogP contribution in [0.25, 0.3) is 97.0 Å². The predicted molar refractivity (Wildman–Crippen MR) is 253 cm³/mol. The number of fused-ring (bicyclic) bond motifs is 9. The lowest BCUT2D eigenvalue weighted by Gasteiger charge is -2.26. The van der Waals surface area contributed by atoms with E-state index in [1.807, 2.05) is 17.4 Å². The third-order valence-electron chi connectivity index (χ3n) is 11.9. The van der Waals surface area contributed by atoms with E-state index in [9.17, 15) is 0 Å². The SMILES string of the molecule is c1cc(-c2cccc3sc4ccc5c6ccccc6oc5c4c23)cc(N(c2ccc(-c3ccc4ccccc4c3)cc2)c2ccc(-c3cccc4ccccc34)cc2)c1. The number of rotatable bonds is 6. The van der Waals surface area contributed by atoms with Crippen molar-refractivity contribution in [1.82, 2.24) is 0 Å². The van der Waals surface area contributed by atoms with Gasteiger partial charge in [0.15, 0.2) is 0 Å². The van der Waals surface area contributed by atoms with Crippen molar-refractivity contribution in [2.24, 2.45) is 0 Å². The molecule has 0 atom stereocenters. The van der Waals surface area contributed by atoms with Crippen LogP contribution in [0.3, 0.4) is 0 Å². The van der Waals surface area contributed by atoms with Crippen LogP contribution < -0.4 is 4.90 Å². The summed E-state index contributed by atoms with van der Waals surface area (Å²) in [6, 6.07) is 77.0. The van der Waals surface area contributed by atoms with E-state index in [0.29, 0.717) is 0 Å². The van der Waals surface area contributed by atoms with Gasteiger partial charge in [-0.1, -0.05) is 146 Å². The molecule has 12 rings (SSSR count). The summed E-state index contributed by atoms with van der Waals surface area (Å²) in [5.74, 6) is 0. The standard InChI is InChI=1S/C56H35NOS/c1-2-12-40-34-41(23-22-36(40)10-1)37-24-28-43(29-25-37)57(44-30-26-39(27-31-44)47-18-8-13-38-11-3-4-16-46(38)47)45-15-7-14-42(35-45)48-19-9-21-52-54(48)55-53(59-52)33-32-50-49-17-5-6-20-51(49)58-56(50)55/h1-35H. The van der Waals surface area contributed by atoms with E-state index >= 15 is 0 Å². The van der Waals surface area contributed by atoms with E-state index in [4.69, 9.17) is 4.42 Å². The van der Waals surface area contributed by atoms with E-state index in [1.54, 1.807) is 0 Å². The average Bonchev–Trinajstić information content (AvgIpc) is 3.88. The fraction of sp³-hybridized carbons (Fsp3) is 0. The molecule has 0 aliphatic carbocycles. The van der Waals surface area contributed by atoms with Crippen LogP contribution in [0.15, 0.2) is 217 Å². The maximum Gasteiger partial charge on any atom is 0.144 e. The summed E-state index contributed by atoms with van der Waals surface area (Å²) >= 11 is 1.83. The van der Waals surface area contributed by atoms with Crippen LogP contribution in [0.1, 0.15) is 0 Å². The largest absolute Gasteiger partial charge is 0.455 e.